The zero-order valence-corrected chi connectivity index (χ0v) is 36.9. The van der Waals surface area contributed by atoms with Crippen LogP contribution >= 0.6 is 0 Å². The molecule has 0 amide bonds. The minimum atomic E-state index is -1.60. The first-order valence-corrected chi connectivity index (χ1v) is 20.4. The smallest absolute Gasteiger partial charge is 0.420 e. The molecule has 1 aromatic heterocycles. The van der Waals surface area contributed by atoms with Gasteiger partial charge < -0.3 is 53.0 Å². The molecule has 3 aliphatic heterocycles. The summed E-state index contributed by atoms with van der Waals surface area (Å²) in [5, 5.41) is 22.7. The van der Waals surface area contributed by atoms with Crippen molar-refractivity contribution in [2.24, 2.45) is 17.8 Å². The van der Waals surface area contributed by atoms with E-state index in [-0.39, 0.29) is 37.2 Å². The molecule has 4 heterocycles. The van der Waals surface area contributed by atoms with Gasteiger partial charge in [-0.25, -0.2) is 14.3 Å². The molecule has 0 radical (unpaired) electrons. The molecule has 330 valence electrons. The van der Waals surface area contributed by atoms with Gasteiger partial charge in [0.15, 0.2) is 24.0 Å². The third kappa shape index (κ3) is 10.4. The Bertz CT molecular complexity index is 1570. The van der Waals surface area contributed by atoms with Crippen LogP contribution < -0.4 is 0 Å². The zero-order chi connectivity index (χ0) is 43.5. The standard InChI is InChI=1S/C42H69N3O13/c1-15-30-40(8,58-39(50)45-17-16-43-22-45)19-23(2)32(46)24(3)20-42(10,52-14)36(57-38-33(47)29(44(11)12)18-25(4)53-38)26(5)34(27(6)37(49)55-30)56-31-21-41(9,51-13)35(48)28(7)54-31/h16-17,19,22,24-31,33-36,38,47-48H,15,18,20-21H2,1-14H3/b23-19+. The number of methoxy groups -OCH3 is 2. The number of likely N-dealkylation sites (N-methyl/N-ethyl adjacent to an activating group) is 1. The van der Waals surface area contributed by atoms with Crippen LogP contribution in [0.3, 0.4) is 0 Å². The molecular formula is C42H69N3O13. The van der Waals surface area contributed by atoms with Crippen LogP contribution in [0.15, 0.2) is 30.4 Å². The van der Waals surface area contributed by atoms with Gasteiger partial charge >= 0.3 is 12.1 Å². The average Bonchev–Trinajstić information content (AvgIpc) is 3.72. The molecule has 2 N–H and O–H groups in total. The summed E-state index contributed by atoms with van der Waals surface area (Å²) in [5.41, 5.74) is -3.60. The number of carbonyl (C=O) groups excluding carboxylic acids is 3. The van der Waals surface area contributed by atoms with Crippen LogP contribution in [0, 0.1) is 17.8 Å². The van der Waals surface area contributed by atoms with Gasteiger partial charge in [-0.3, -0.25) is 9.59 Å². The van der Waals surface area contributed by atoms with Crippen molar-refractivity contribution in [2.45, 2.75) is 173 Å². The average molecular weight is 824 g/mol. The number of cyclic esters (lactones) is 1. The molecule has 3 aliphatic rings. The Morgan fingerprint density at radius 1 is 1.00 bits per heavy atom. The van der Waals surface area contributed by atoms with E-state index < -0.39 is 95.8 Å². The lowest BCUT2D eigenvalue weighted by Crippen LogP contribution is -2.61. The highest BCUT2D eigenvalue weighted by molar-refractivity contribution is 5.96. The van der Waals surface area contributed by atoms with Gasteiger partial charge in [0.05, 0.1) is 41.5 Å². The van der Waals surface area contributed by atoms with E-state index in [2.05, 4.69) is 4.98 Å². The van der Waals surface area contributed by atoms with E-state index >= 15 is 0 Å². The number of Topliss-reactive ketones (excluding diaryl/α,β-unsaturated/α-hetero) is 1. The van der Waals surface area contributed by atoms with Crippen molar-refractivity contribution >= 4 is 17.8 Å². The first kappa shape index (κ1) is 47.9. The van der Waals surface area contributed by atoms with Gasteiger partial charge in [0, 0.05) is 50.9 Å². The molecule has 16 unspecified atom stereocenters. The number of carbonyl (C=O) groups is 3. The molecule has 58 heavy (non-hydrogen) atoms. The summed E-state index contributed by atoms with van der Waals surface area (Å²) in [7, 11) is 6.80. The number of allylic oxidation sites excluding steroid dienone is 1. The summed E-state index contributed by atoms with van der Waals surface area (Å²) < 4.78 is 51.8. The number of aromatic nitrogens is 2. The van der Waals surface area contributed by atoms with E-state index in [0.717, 1.165) is 4.57 Å². The third-order valence-electron chi connectivity index (χ3n) is 12.6. The molecule has 2 saturated heterocycles. The molecule has 0 saturated carbocycles. The van der Waals surface area contributed by atoms with Crippen molar-refractivity contribution in [3.8, 4) is 0 Å². The normalized spacial score (nSPS) is 43.3. The molecule has 4 rings (SSSR count). The molecule has 0 aliphatic carbocycles. The summed E-state index contributed by atoms with van der Waals surface area (Å²) >= 11 is 0. The topological polar surface area (TPSA) is 187 Å². The van der Waals surface area contributed by atoms with Gasteiger partial charge in [-0.1, -0.05) is 20.8 Å². The van der Waals surface area contributed by atoms with E-state index in [1.54, 1.807) is 48.5 Å². The zero-order valence-electron chi connectivity index (χ0n) is 36.9. The summed E-state index contributed by atoms with van der Waals surface area (Å²) in [6.07, 6.45) is -2.12. The Hall–Kier alpha value is -2.80. The number of hydrogen-bond acceptors (Lipinski definition) is 15. The summed E-state index contributed by atoms with van der Waals surface area (Å²) in [6.45, 7) is 17.6. The fourth-order valence-corrected chi connectivity index (χ4v) is 8.95. The number of imidazole rings is 1. The summed E-state index contributed by atoms with van der Waals surface area (Å²) in [4.78, 5) is 48.2. The van der Waals surface area contributed by atoms with Crippen molar-refractivity contribution in [1.29, 1.82) is 0 Å². The Kier molecular flexibility index (Phi) is 15.9. The minimum absolute atomic E-state index is 0.120. The second-order valence-corrected chi connectivity index (χ2v) is 17.5. The molecular weight excluding hydrogens is 754 g/mol. The first-order chi connectivity index (χ1) is 27.0. The number of esters is 1. The van der Waals surface area contributed by atoms with Crippen molar-refractivity contribution in [1.82, 2.24) is 14.5 Å². The monoisotopic (exact) mass is 823 g/mol. The molecule has 16 nitrogen and oxygen atoms in total. The Morgan fingerprint density at radius 2 is 1.66 bits per heavy atom. The highest BCUT2D eigenvalue weighted by atomic mass is 16.7. The number of nitrogens with zero attached hydrogens (tertiary/aromatic N) is 3. The number of aliphatic hydroxyl groups excluding tert-OH is 2. The number of ether oxygens (including phenoxy) is 8. The van der Waals surface area contributed by atoms with Gasteiger partial charge in [0.1, 0.15) is 24.6 Å². The van der Waals surface area contributed by atoms with Gasteiger partial charge in [-0.05, 0) is 93.5 Å². The Labute approximate surface area is 343 Å². The fraction of sp³-hybridized carbons (Fsp3) is 0.810. The van der Waals surface area contributed by atoms with Gasteiger partial charge in [-0.15, -0.1) is 0 Å². The molecule has 0 aromatic carbocycles. The van der Waals surface area contributed by atoms with E-state index in [4.69, 9.17) is 37.9 Å². The second kappa shape index (κ2) is 19.3. The van der Waals surface area contributed by atoms with Crippen molar-refractivity contribution in [2.75, 3.05) is 28.3 Å². The SMILES string of the molecule is CCC1OC(=O)C(C)C(OC2CC(C)(OC)C(O)C(C)O2)C(C)C(OC2OC(C)CC(N(C)C)C2O)C(C)(OC)CC(C)C(=O)/C(C)=C/C1(C)OC(=O)n1ccnc1. The second-order valence-electron chi connectivity index (χ2n) is 17.5. The molecule has 1 aromatic rings. The number of aliphatic hydroxyl groups is 2. The number of ketones is 1. The molecule has 0 bridgehead atoms. The van der Waals surface area contributed by atoms with Crippen LogP contribution in [0.25, 0.3) is 0 Å². The van der Waals surface area contributed by atoms with Crippen LogP contribution in [0.2, 0.25) is 0 Å². The summed E-state index contributed by atoms with van der Waals surface area (Å²) in [6, 6.07) is -0.288. The highest BCUT2D eigenvalue weighted by Gasteiger charge is 2.53. The van der Waals surface area contributed by atoms with Gasteiger partial charge in [-0.2, -0.15) is 0 Å². The Morgan fingerprint density at radius 3 is 2.22 bits per heavy atom. The predicted molar refractivity (Wildman–Crippen MR) is 212 cm³/mol. The van der Waals surface area contributed by atoms with Crippen LogP contribution in [-0.4, -0.2) is 149 Å². The van der Waals surface area contributed by atoms with Crippen LogP contribution in [0.4, 0.5) is 4.79 Å². The maximum atomic E-state index is 14.6. The van der Waals surface area contributed by atoms with Crippen molar-refractivity contribution in [3.63, 3.8) is 0 Å². The lowest BCUT2D eigenvalue weighted by atomic mass is 9.76. The van der Waals surface area contributed by atoms with E-state index in [9.17, 15) is 24.6 Å². The number of rotatable bonds is 9. The van der Waals surface area contributed by atoms with E-state index in [1.165, 1.54) is 39.0 Å². The molecule has 16 atom stereocenters. The maximum Gasteiger partial charge on any atom is 0.420 e. The summed E-state index contributed by atoms with van der Waals surface area (Å²) in [5.74, 6) is -3.33. The van der Waals surface area contributed by atoms with E-state index in [0.29, 0.717) is 12.0 Å². The van der Waals surface area contributed by atoms with Gasteiger partial charge in [0.25, 0.3) is 0 Å². The lowest BCUT2D eigenvalue weighted by Gasteiger charge is -2.49. The molecule has 16 heteroatoms. The predicted octanol–water partition coefficient (Wildman–Crippen LogP) is 4.28. The number of hydrogen-bond donors (Lipinski definition) is 2. The lowest BCUT2D eigenvalue weighted by molar-refractivity contribution is -0.319. The van der Waals surface area contributed by atoms with Crippen molar-refractivity contribution in [3.05, 3.63) is 30.4 Å². The van der Waals surface area contributed by atoms with Gasteiger partial charge in [0.2, 0.25) is 0 Å². The molecule has 0 spiro atoms. The van der Waals surface area contributed by atoms with E-state index in [1.807, 2.05) is 39.8 Å². The molecule has 2 fully saturated rings. The maximum absolute atomic E-state index is 14.6. The minimum Gasteiger partial charge on any atom is -0.457 e. The van der Waals surface area contributed by atoms with Crippen LogP contribution in [0.5, 0.6) is 0 Å². The van der Waals surface area contributed by atoms with Crippen LogP contribution in [-0.2, 0) is 47.5 Å². The quantitative estimate of drug-likeness (QED) is 0.336. The Balaban J connectivity index is 1.89. The third-order valence-corrected chi connectivity index (χ3v) is 12.6. The fourth-order valence-electron chi connectivity index (χ4n) is 8.95. The van der Waals surface area contributed by atoms with Crippen LogP contribution in [0.1, 0.15) is 94.9 Å². The largest absolute Gasteiger partial charge is 0.457 e. The first-order valence-electron chi connectivity index (χ1n) is 20.4. The van der Waals surface area contributed by atoms with Crippen molar-refractivity contribution < 1.29 is 62.5 Å². The highest BCUT2D eigenvalue weighted by Crippen LogP contribution is 2.41.